The number of likely N-dealkylation sites (tertiary alicyclic amines) is 2. The van der Waals surface area contributed by atoms with Crippen LogP contribution in [0.3, 0.4) is 0 Å². The molecule has 2 saturated heterocycles. The van der Waals surface area contributed by atoms with Crippen molar-refractivity contribution in [3.63, 3.8) is 0 Å². The lowest BCUT2D eigenvalue weighted by molar-refractivity contribution is -0.129. The average Bonchev–Trinajstić information content (AvgIpc) is 3.63. The van der Waals surface area contributed by atoms with E-state index in [-0.39, 0.29) is 36.7 Å². The number of nitrogens with zero attached hydrogens (tertiary/aromatic N) is 4. The number of carbonyl (C=O) groups excluding carboxylic acids is 4. The zero-order valence-corrected chi connectivity index (χ0v) is 27.5. The molecule has 0 radical (unpaired) electrons. The smallest absolute Gasteiger partial charge is 0.407 e. The van der Waals surface area contributed by atoms with Gasteiger partial charge in [-0.25, -0.2) is 9.78 Å². The van der Waals surface area contributed by atoms with Gasteiger partial charge in [0.05, 0.1) is 6.07 Å². The maximum Gasteiger partial charge on any atom is 0.407 e. The number of hydrogen-bond donors (Lipinski definition) is 3. The molecule has 0 bridgehead atoms. The van der Waals surface area contributed by atoms with Crippen LogP contribution in [0.2, 0.25) is 0 Å². The number of aromatic nitrogens is 1. The maximum absolute atomic E-state index is 12.1. The Kier molecular flexibility index (Phi) is 18.6. The maximum atomic E-state index is 12.1. The summed E-state index contributed by atoms with van der Waals surface area (Å²) in [5, 5.41) is 22.3. The Morgan fingerprint density at radius 3 is 2.31 bits per heavy atom. The Labute approximate surface area is 268 Å². The van der Waals surface area contributed by atoms with Gasteiger partial charge in [0.1, 0.15) is 19.2 Å². The van der Waals surface area contributed by atoms with Crippen LogP contribution in [0, 0.1) is 35.0 Å². The largest absolute Gasteiger partial charge is 0.504 e. The summed E-state index contributed by atoms with van der Waals surface area (Å²) in [6.45, 7) is 17.0. The summed E-state index contributed by atoms with van der Waals surface area (Å²) in [6, 6.07) is 4.93. The van der Waals surface area contributed by atoms with Crippen molar-refractivity contribution in [2.24, 2.45) is 23.7 Å². The lowest BCUT2D eigenvalue weighted by atomic mass is 9.82. The molecule has 1 aromatic heterocycles. The number of aromatic hydroxyl groups is 1. The third-order valence-electron chi connectivity index (χ3n) is 7.44. The molecule has 12 heteroatoms. The summed E-state index contributed by atoms with van der Waals surface area (Å²) in [5.74, 6) is 2.79. The molecule has 3 aliphatic rings. The van der Waals surface area contributed by atoms with Crippen LogP contribution in [-0.2, 0) is 19.1 Å². The van der Waals surface area contributed by atoms with E-state index >= 15 is 0 Å². The van der Waals surface area contributed by atoms with Gasteiger partial charge in [-0.3, -0.25) is 14.4 Å². The van der Waals surface area contributed by atoms with Gasteiger partial charge < -0.3 is 30.3 Å². The molecular formula is C33H52N6O6. The number of carbonyl (C=O) groups is 4. The van der Waals surface area contributed by atoms with Crippen LogP contribution < -0.4 is 10.6 Å². The lowest BCUT2D eigenvalue weighted by Crippen LogP contribution is -2.39. The minimum absolute atomic E-state index is 0.00401. The second-order valence-corrected chi connectivity index (χ2v) is 12.3. The predicted molar refractivity (Wildman–Crippen MR) is 173 cm³/mol. The Morgan fingerprint density at radius 2 is 1.82 bits per heavy atom. The summed E-state index contributed by atoms with van der Waals surface area (Å²) >= 11 is 0. The van der Waals surface area contributed by atoms with Crippen LogP contribution in [0.4, 0.5) is 10.6 Å². The van der Waals surface area contributed by atoms with Gasteiger partial charge in [0.2, 0.25) is 18.7 Å². The van der Waals surface area contributed by atoms with Gasteiger partial charge in [-0.15, -0.1) is 0 Å². The minimum Gasteiger partial charge on any atom is -0.504 e. The van der Waals surface area contributed by atoms with Gasteiger partial charge in [0.25, 0.3) is 0 Å². The van der Waals surface area contributed by atoms with Gasteiger partial charge in [0, 0.05) is 25.8 Å². The zero-order chi connectivity index (χ0) is 33.8. The lowest BCUT2D eigenvalue weighted by Gasteiger charge is -2.22. The molecule has 1 aliphatic carbocycles. The summed E-state index contributed by atoms with van der Waals surface area (Å²) in [6.07, 6.45) is 8.81. The molecule has 1 aromatic rings. The van der Waals surface area contributed by atoms with E-state index in [1.807, 2.05) is 18.7 Å². The molecule has 0 spiro atoms. The van der Waals surface area contributed by atoms with Crippen LogP contribution in [-0.4, -0.2) is 83.5 Å². The van der Waals surface area contributed by atoms with E-state index in [4.69, 9.17) is 15.1 Å². The van der Waals surface area contributed by atoms with Gasteiger partial charge >= 0.3 is 6.09 Å². The third-order valence-corrected chi connectivity index (χ3v) is 7.44. The van der Waals surface area contributed by atoms with Crippen molar-refractivity contribution in [2.45, 2.75) is 79.2 Å². The first-order chi connectivity index (χ1) is 21.4. The van der Waals surface area contributed by atoms with Crippen molar-refractivity contribution in [2.75, 3.05) is 38.1 Å². The molecule has 45 heavy (non-hydrogen) atoms. The summed E-state index contributed by atoms with van der Waals surface area (Å²) in [7, 11) is 0. The molecule has 4 amide bonds. The molecule has 4 unspecified atom stereocenters. The standard InChI is InChI=1S/C16H26N2O3.C7H10N2O.C6H6N2O2.C4H10/c1-3-12(2)11-21-16(20)17-8-15(19)18-9-13-6-4-5-7-14(13)10-18;1-6-2-7(3-8)9(4-6)5-10;9-4-8-6-5(10)2-1-3-7-6;1-4(2)3/h13-14H,2-11H2,1H3,(H,17,20);5-7H,2,4H2,1H3;1-4,10H,(H,7,8,9);4H,1-3H3. The Bertz CT molecular complexity index is 1110. The highest BCUT2D eigenvalue weighted by Gasteiger charge is 2.36. The number of pyridine rings is 1. The molecule has 4 rings (SSSR count). The molecule has 3 heterocycles. The molecule has 4 atom stereocenters. The van der Waals surface area contributed by atoms with E-state index in [0.717, 1.165) is 50.4 Å². The number of anilines is 1. The zero-order valence-electron chi connectivity index (χ0n) is 27.5. The minimum atomic E-state index is -0.547. The SMILES string of the molecule is C=C(CC)COC(=O)NCC(=O)N1CC2CCCCC2C1.CC(C)C.CC1CC(C#N)N(C=O)C1.O=CNc1ncccc1O. The molecule has 0 aromatic carbocycles. The van der Waals surface area contributed by atoms with Crippen molar-refractivity contribution < 1.29 is 29.0 Å². The van der Waals surface area contributed by atoms with E-state index in [1.165, 1.54) is 37.9 Å². The second kappa shape index (κ2) is 21.5. The fourth-order valence-electron chi connectivity index (χ4n) is 5.08. The van der Waals surface area contributed by atoms with E-state index in [2.05, 4.69) is 49.0 Å². The van der Waals surface area contributed by atoms with Gasteiger partial charge in [0.15, 0.2) is 11.6 Å². The first kappa shape index (κ1) is 38.9. The van der Waals surface area contributed by atoms with E-state index in [9.17, 15) is 19.2 Å². The molecule has 1 saturated carbocycles. The number of nitriles is 1. The predicted octanol–water partition coefficient (Wildman–Crippen LogP) is 4.72. The highest BCUT2D eigenvalue weighted by atomic mass is 16.5. The number of ether oxygens (including phenoxy) is 1. The van der Waals surface area contributed by atoms with Crippen LogP contribution in [0.1, 0.15) is 73.1 Å². The van der Waals surface area contributed by atoms with Crippen molar-refractivity contribution in [1.82, 2.24) is 20.1 Å². The molecule has 3 fully saturated rings. The van der Waals surface area contributed by atoms with Crippen molar-refractivity contribution >= 4 is 30.6 Å². The fraction of sp³-hybridized carbons (Fsp3) is 0.636. The van der Waals surface area contributed by atoms with Gasteiger partial charge in [-0.2, -0.15) is 5.26 Å². The molecular weight excluding hydrogens is 576 g/mol. The van der Waals surface area contributed by atoms with E-state index < -0.39 is 6.09 Å². The normalized spacial score (nSPS) is 21.2. The van der Waals surface area contributed by atoms with Crippen molar-refractivity contribution in [3.8, 4) is 11.8 Å². The number of fused-ring (bicyclic) bond motifs is 1. The Hall–Kier alpha value is -4.14. The van der Waals surface area contributed by atoms with E-state index in [1.54, 1.807) is 11.0 Å². The fourth-order valence-corrected chi connectivity index (χ4v) is 5.08. The van der Waals surface area contributed by atoms with Crippen molar-refractivity contribution in [1.29, 1.82) is 5.26 Å². The second-order valence-electron chi connectivity index (χ2n) is 12.3. The number of alkyl carbamates (subject to hydrolysis) is 1. The van der Waals surface area contributed by atoms with Crippen LogP contribution in [0.25, 0.3) is 0 Å². The summed E-state index contributed by atoms with van der Waals surface area (Å²) < 4.78 is 4.98. The average molecular weight is 629 g/mol. The molecule has 2 aliphatic heterocycles. The number of amides is 4. The van der Waals surface area contributed by atoms with E-state index in [0.29, 0.717) is 24.2 Å². The monoisotopic (exact) mass is 628 g/mol. The first-order valence-electron chi connectivity index (χ1n) is 15.7. The number of rotatable bonds is 8. The Morgan fingerprint density at radius 1 is 1.20 bits per heavy atom. The molecule has 12 nitrogen and oxygen atoms in total. The Balaban J connectivity index is 0.000000351. The van der Waals surface area contributed by atoms with Crippen LogP contribution in [0.15, 0.2) is 30.5 Å². The van der Waals surface area contributed by atoms with Crippen LogP contribution in [0.5, 0.6) is 5.75 Å². The highest BCUT2D eigenvalue weighted by molar-refractivity contribution is 5.82. The first-order valence-corrected chi connectivity index (χ1v) is 15.7. The van der Waals surface area contributed by atoms with Gasteiger partial charge in [-0.05, 0) is 67.1 Å². The molecule has 250 valence electrons. The summed E-state index contributed by atoms with van der Waals surface area (Å²) in [4.78, 5) is 50.9. The van der Waals surface area contributed by atoms with Gasteiger partial charge in [-0.1, -0.05) is 54.0 Å². The topological polar surface area (TPSA) is 165 Å². The van der Waals surface area contributed by atoms with Crippen LogP contribution >= 0.6 is 0 Å². The quantitative estimate of drug-likeness (QED) is 0.275. The highest BCUT2D eigenvalue weighted by Crippen LogP contribution is 2.35. The number of hydrogen-bond acceptors (Lipinski definition) is 8. The van der Waals surface area contributed by atoms with Crippen molar-refractivity contribution in [3.05, 3.63) is 30.5 Å². The summed E-state index contributed by atoms with van der Waals surface area (Å²) in [5.41, 5.74) is 0.861. The third kappa shape index (κ3) is 15.4. The molecule has 3 N–H and O–H groups in total. The number of nitrogens with one attached hydrogen (secondary N) is 2.